The van der Waals surface area contributed by atoms with E-state index in [1.165, 1.54) is 4.57 Å². The lowest BCUT2D eigenvalue weighted by Gasteiger charge is -2.20. The van der Waals surface area contributed by atoms with Crippen molar-refractivity contribution < 1.29 is 14.3 Å². The SMILES string of the molecule is CNc1ncc2cc(Oc3ccccc3)c(=O)n(-c3cccc(NC(=O)OC(C)(C)C)c3)c2n1. The monoisotopic (exact) mass is 459 g/mol. The molecule has 2 aromatic carbocycles. The summed E-state index contributed by atoms with van der Waals surface area (Å²) in [5.41, 5.74) is 0.288. The Morgan fingerprint density at radius 2 is 1.79 bits per heavy atom. The van der Waals surface area contributed by atoms with Crippen LogP contribution in [0.4, 0.5) is 16.4 Å². The molecular formula is C25H25N5O4. The zero-order valence-electron chi connectivity index (χ0n) is 19.3. The number of benzene rings is 2. The number of pyridine rings is 1. The molecule has 0 radical (unpaired) electrons. The molecule has 0 aliphatic heterocycles. The first kappa shape index (κ1) is 22.8. The van der Waals surface area contributed by atoms with Crippen molar-refractivity contribution in [3.63, 3.8) is 0 Å². The first-order valence-electron chi connectivity index (χ1n) is 10.7. The van der Waals surface area contributed by atoms with Gasteiger partial charge in [-0.1, -0.05) is 24.3 Å². The third kappa shape index (κ3) is 5.15. The van der Waals surface area contributed by atoms with E-state index < -0.39 is 17.3 Å². The largest absolute Gasteiger partial charge is 0.452 e. The van der Waals surface area contributed by atoms with Crippen LogP contribution in [-0.4, -0.2) is 33.3 Å². The third-order valence-corrected chi connectivity index (χ3v) is 4.65. The van der Waals surface area contributed by atoms with Crippen LogP contribution < -0.4 is 20.9 Å². The molecule has 0 saturated heterocycles. The van der Waals surface area contributed by atoms with E-state index in [9.17, 15) is 9.59 Å². The molecule has 0 aliphatic rings. The summed E-state index contributed by atoms with van der Waals surface area (Å²) >= 11 is 0. The summed E-state index contributed by atoms with van der Waals surface area (Å²) in [4.78, 5) is 34.6. The molecule has 174 valence electrons. The number of amides is 1. The Morgan fingerprint density at radius 3 is 2.50 bits per heavy atom. The van der Waals surface area contributed by atoms with Gasteiger partial charge in [0.2, 0.25) is 5.95 Å². The number of fused-ring (bicyclic) bond motifs is 1. The molecular weight excluding hydrogens is 434 g/mol. The summed E-state index contributed by atoms with van der Waals surface area (Å²) in [5, 5.41) is 6.20. The van der Waals surface area contributed by atoms with Gasteiger partial charge in [-0.25, -0.2) is 9.78 Å². The number of para-hydroxylation sites is 1. The van der Waals surface area contributed by atoms with E-state index in [0.29, 0.717) is 34.1 Å². The maximum Gasteiger partial charge on any atom is 0.412 e. The van der Waals surface area contributed by atoms with Gasteiger partial charge in [0.1, 0.15) is 11.4 Å². The third-order valence-electron chi connectivity index (χ3n) is 4.65. The number of carbonyl (C=O) groups is 1. The Hall–Kier alpha value is -4.40. The lowest BCUT2D eigenvalue weighted by atomic mass is 10.2. The van der Waals surface area contributed by atoms with E-state index in [-0.39, 0.29) is 5.75 Å². The fraction of sp³-hybridized carbons (Fsp3) is 0.200. The second-order valence-corrected chi connectivity index (χ2v) is 8.46. The molecule has 0 fully saturated rings. The normalized spacial score (nSPS) is 11.2. The van der Waals surface area contributed by atoms with Crippen molar-refractivity contribution in [1.82, 2.24) is 14.5 Å². The zero-order valence-corrected chi connectivity index (χ0v) is 19.3. The van der Waals surface area contributed by atoms with Crippen LogP contribution in [-0.2, 0) is 4.74 Å². The van der Waals surface area contributed by atoms with E-state index in [0.717, 1.165) is 0 Å². The van der Waals surface area contributed by atoms with E-state index in [2.05, 4.69) is 20.6 Å². The molecule has 0 spiro atoms. The van der Waals surface area contributed by atoms with Gasteiger partial charge in [-0.2, -0.15) is 4.98 Å². The Balaban J connectivity index is 1.83. The topological polar surface area (TPSA) is 107 Å². The molecule has 4 aromatic rings. The Bertz CT molecular complexity index is 1390. The standard InChI is InChI=1S/C25H25N5O4/c1-25(2,3)34-24(32)28-17-9-8-10-18(14-17)30-21-16(15-27-23(26-4)29-21)13-20(22(30)31)33-19-11-6-5-7-12-19/h5-15H,1-4H3,(H,28,32)(H,26,27,29). The number of hydrogen-bond donors (Lipinski definition) is 2. The Labute approximate surface area is 196 Å². The molecule has 0 unspecified atom stereocenters. The fourth-order valence-electron chi connectivity index (χ4n) is 3.27. The van der Waals surface area contributed by atoms with Crippen LogP contribution in [0.15, 0.2) is 71.7 Å². The second kappa shape index (κ2) is 9.22. The average Bonchev–Trinajstić information content (AvgIpc) is 2.79. The van der Waals surface area contributed by atoms with Crippen LogP contribution in [0.5, 0.6) is 11.5 Å². The number of anilines is 2. The summed E-state index contributed by atoms with van der Waals surface area (Å²) < 4.78 is 12.6. The van der Waals surface area contributed by atoms with Crippen molar-refractivity contribution in [1.29, 1.82) is 0 Å². The predicted molar refractivity (Wildman–Crippen MR) is 131 cm³/mol. The average molecular weight is 460 g/mol. The molecule has 0 bridgehead atoms. The highest BCUT2D eigenvalue weighted by Crippen LogP contribution is 2.25. The number of rotatable bonds is 5. The van der Waals surface area contributed by atoms with Gasteiger partial charge in [0, 0.05) is 24.3 Å². The molecule has 34 heavy (non-hydrogen) atoms. The highest BCUT2D eigenvalue weighted by Gasteiger charge is 2.18. The van der Waals surface area contributed by atoms with Crippen LogP contribution in [0.1, 0.15) is 20.8 Å². The van der Waals surface area contributed by atoms with Crippen molar-refractivity contribution in [2.24, 2.45) is 0 Å². The van der Waals surface area contributed by atoms with Crippen molar-refractivity contribution in [2.45, 2.75) is 26.4 Å². The van der Waals surface area contributed by atoms with Crippen molar-refractivity contribution in [3.05, 3.63) is 77.2 Å². The number of hydrogen-bond acceptors (Lipinski definition) is 7. The summed E-state index contributed by atoms with van der Waals surface area (Å²) in [6, 6.07) is 17.5. The van der Waals surface area contributed by atoms with Gasteiger partial charge in [-0.05, 0) is 57.2 Å². The smallest absolute Gasteiger partial charge is 0.412 e. The van der Waals surface area contributed by atoms with E-state index in [1.54, 1.807) is 76.5 Å². The van der Waals surface area contributed by atoms with Crippen LogP contribution in [0.3, 0.4) is 0 Å². The van der Waals surface area contributed by atoms with Gasteiger partial charge in [-0.3, -0.25) is 14.7 Å². The molecule has 1 amide bonds. The van der Waals surface area contributed by atoms with Crippen molar-refractivity contribution in [3.8, 4) is 17.2 Å². The molecule has 0 aliphatic carbocycles. The van der Waals surface area contributed by atoms with Gasteiger partial charge in [0.15, 0.2) is 11.4 Å². The highest BCUT2D eigenvalue weighted by atomic mass is 16.6. The van der Waals surface area contributed by atoms with E-state index >= 15 is 0 Å². The first-order chi connectivity index (χ1) is 16.2. The molecule has 4 rings (SSSR count). The molecule has 2 aromatic heterocycles. The molecule has 0 saturated carbocycles. The number of carbonyl (C=O) groups excluding carboxylic acids is 1. The fourth-order valence-corrected chi connectivity index (χ4v) is 3.27. The van der Waals surface area contributed by atoms with Crippen LogP contribution in [0.2, 0.25) is 0 Å². The van der Waals surface area contributed by atoms with Gasteiger partial charge in [0.05, 0.1) is 5.69 Å². The minimum atomic E-state index is -0.640. The maximum atomic E-state index is 13.6. The van der Waals surface area contributed by atoms with Crippen LogP contribution >= 0.6 is 0 Å². The maximum absolute atomic E-state index is 13.6. The number of nitrogens with one attached hydrogen (secondary N) is 2. The minimum absolute atomic E-state index is 0.116. The molecule has 2 N–H and O–H groups in total. The summed E-state index contributed by atoms with van der Waals surface area (Å²) in [6.07, 6.45) is 1.02. The Morgan fingerprint density at radius 1 is 1.03 bits per heavy atom. The minimum Gasteiger partial charge on any atom is -0.452 e. The zero-order chi connectivity index (χ0) is 24.3. The highest BCUT2D eigenvalue weighted by molar-refractivity contribution is 5.85. The predicted octanol–water partition coefficient (Wildman–Crippen LogP) is 4.96. The molecule has 2 heterocycles. The van der Waals surface area contributed by atoms with Gasteiger partial charge < -0.3 is 14.8 Å². The van der Waals surface area contributed by atoms with Gasteiger partial charge in [-0.15, -0.1) is 0 Å². The van der Waals surface area contributed by atoms with Crippen LogP contribution in [0.25, 0.3) is 16.7 Å². The van der Waals surface area contributed by atoms with Crippen molar-refractivity contribution in [2.75, 3.05) is 17.7 Å². The summed E-state index contributed by atoms with van der Waals surface area (Å²) in [6.45, 7) is 5.35. The number of ether oxygens (including phenoxy) is 2. The van der Waals surface area contributed by atoms with Gasteiger partial charge in [0.25, 0.3) is 5.56 Å². The summed E-state index contributed by atoms with van der Waals surface area (Å²) in [5.74, 6) is 1.00. The molecule has 9 heteroatoms. The molecule has 0 atom stereocenters. The quantitative estimate of drug-likeness (QED) is 0.434. The Kier molecular flexibility index (Phi) is 6.18. The lowest BCUT2D eigenvalue weighted by Crippen LogP contribution is -2.27. The molecule has 9 nitrogen and oxygen atoms in total. The summed E-state index contributed by atoms with van der Waals surface area (Å²) in [7, 11) is 1.70. The van der Waals surface area contributed by atoms with E-state index in [1.807, 2.05) is 18.2 Å². The second-order valence-electron chi connectivity index (χ2n) is 8.46. The van der Waals surface area contributed by atoms with Crippen LogP contribution in [0, 0.1) is 0 Å². The van der Waals surface area contributed by atoms with Crippen molar-refractivity contribution >= 4 is 28.8 Å². The lowest BCUT2D eigenvalue weighted by molar-refractivity contribution is 0.0636. The number of nitrogens with zero attached hydrogens (tertiary/aromatic N) is 3. The number of aromatic nitrogens is 3. The van der Waals surface area contributed by atoms with Gasteiger partial charge >= 0.3 is 6.09 Å². The first-order valence-corrected chi connectivity index (χ1v) is 10.7. The van der Waals surface area contributed by atoms with E-state index in [4.69, 9.17) is 9.47 Å².